The van der Waals surface area contributed by atoms with Crippen molar-refractivity contribution < 1.29 is 19.2 Å². The topological polar surface area (TPSA) is 86.5 Å². The summed E-state index contributed by atoms with van der Waals surface area (Å²) >= 11 is 1.35. The van der Waals surface area contributed by atoms with E-state index in [2.05, 4.69) is 0 Å². The summed E-state index contributed by atoms with van der Waals surface area (Å²) in [7, 11) is 0. The van der Waals surface area contributed by atoms with Gasteiger partial charge in [0.2, 0.25) is 5.78 Å². The molecular weight excluding hydrogens is 318 g/mol. The Bertz CT molecular complexity index is 761. The molecule has 0 aliphatic heterocycles. The van der Waals surface area contributed by atoms with Crippen molar-refractivity contribution in [2.24, 2.45) is 0 Å². The third kappa shape index (κ3) is 4.86. The molecule has 23 heavy (non-hydrogen) atoms. The van der Waals surface area contributed by atoms with Crippen LogP contribution in [0.5, 0.6) is 0 Å². The molecule has 0 unspecified atom stereocenters. The maximum absolute atomic E-state index is 11.8. The van der Waals surface area contributed by atoms with E-state index in [-0.39, 0.29) is 18.1 Å². The minimum absolute atomic E-state index is 0.0263. The zero-order chi connectivity index (χ0) is 16.8. The number of ketones is 1. The molecular formula is C16H13NO5S. The van der Waals surface area contributed by atoms with Gasteiger partial charge < -0.3 is 4.74 Å². The van der Waals surface area contributed by atoms with Crippen molar-refractivity contribution in [2.45, 2.75) is 6.92 Å². The van der Waals surface area contributed by atoms with E-state index in [0.717, 1.165) is 4.88 Å². The quantitative estimate of drug-likeness (QED) is 0.266. The number of non-ortho nitro benzene ring substituents is 1. The lowest BCUT2D eigenvalue weighted by Crippen LogP contribution is -2.11. The largest absolute Gasteiger partial charge is 0.454 e. The van der Waals surface area contributed by atoms with Crippen LogP contribution in [0.25, 0.3) is 6.08 Å². The van der Waals surface area contributed by atoms with Gasteiger partial charge in [-0.2, -0.15) is 0 Å². The lowest BCUT2D eigenvalue weighted by molar-refractivity contribution is -0.384. The first-order valence-corrected chi connectivity index (χ1v) is 7.46. The Morgan fingerprint density at radius 2 is 1.91 bits per heavy atom. The molecule has 7 heteroatoms. The monoisotopic (exact) mass is 331 g/mol. The molecule has 118 valence electrons. The zero-order valence-electron chi connectivity index (χ0n) is 12.2. The lowest BCUT2D eigenvalue weighted by atomic mass is 10.2. The van der Waals surface area contributed by atoms with E-state index in [4.69, 9.17) is 4.74 Å². The molecule has 0 spiro atoms. The summed E-state index contributed by atoms with van der Waals surface area (Å²) in [5.41, 5.74) is 0.592. The molecule has 0 aliphatic carbocycles. The van der Waals surface area contributed by atoms with E-state index >= 15 is 0 Å². The summed E-state index contributed by atoms with van der Waals surface area (Å²) in [5.74, 6) is -0.898. The number of nitrogens with zero attached hydrogens (tertiary/aromatic N) is 1. The first-order valence-electron chi connectivity index (χ1n) is 6.64. The standard InChI is InChI=1S/C16H13NO5S/c1-11-2-8-15(23-11)14(18)10-22-16(19)9-5-12-3-6-13(7-4-12)17(20)21/h2-9H,10H2,1H3/b9-5+. The number of thiophene rings is 1. The second-order valence-corrected chi connectivity index (χ2v) is 5.91. The summed E-state index contributed by atoms with van der Waals surface area (Å²) < 4.78 is 4.87. The maximum atomic E-state index is 11.8. The van der Waals surface area contributed by atoms with Gasteiger partial charge in [-0.3, -0.25) is 14.9 Å². The average Bonchev–Trinajstić information content (AvgIpc) is 2.97. The predicted molar refractivity (Wildman–Crippen MR) is 86.5 cm³/mol. The minimum atomic E-state index is -0.648. The van der Waals surface area contributed by atoms with Gasteiger partial charge >= 0.3 is 5.97 Å². The number of carbonyl (C=O) groups is 2. The fourth-order valence-electron chi connectivity index (χ4n) is 1.71. The van der Waals surface area contributed by atoms with Crippen molar-refractivity contribution in [3.63, 3.8) is 0 Å². The Balaban J connectivity index is 1.86. The van der Waals surface area contributed by atoms with E-state index in [1.165, 1.54) is 47.8 Å². The molecule has 2 aromatic rings. The number of nitro benzene ring substituents is 1. The molecule has 0 bridgehead atoms. The zero-order valence-corrected chi connectivity index (χ0v) is 13.0. The van der Waals surface area contributed by atoms with Crippen LogP contribution >= 0.6 is 11.3 Å². The van der Waals surface area contributed by atoms with Gasteiger partial charge in [-0.25, -0.2) is 4.79 Å². The molecule has 0 atom stereocenters. The molecule has 1 aromatic carbocycles. The minimum Gasteiger partial charge on any atom is -0.454 e. The van der Waals surface area contributed by atoms with E-state index < -0.39 is 10.9 Å². The fraction of sp³-hybridized carbons (Fsp3) is 0.125. The fourth-order valence-corrected chi connectivity index (χ4v) is 2.50. The highest BCUT2D eigenvalue weighted by Crippen LogP contribution is 2.16. The molecule has 0 aliphatic rings. The van der Waals surface area contributed by atoms with Gasteiger partial charge in [0.25, 0.3) is 5.69 Å². The van der Waals surface area contributed by atoms with Crippen LogP contribution in [0.2, 0.25) is 0 Å². The highest BCUT2D eigenvalue weighted by atomic mass is 32.1. The number of benzene rings is 1. The van der Waals surface area contributed by atoms with E-state index in [1.54, 1.807) is 6.07 Å². The second kappa shape index (κ2) is 7.46. The summed E-state index contributed by atoms with van der Waals surface area (Å²) in [6.45, 7) is 1.57. The number of ether oxygens (including phenoxy) is 1. The highest BCUT2D eigenvalue weighted by Gasteiger charge is 2.10. The van der Waals surface area contributed by atoms with Gasteiger partial charge in [0.05, 0.1) is 9.80 Å². The van der Waals surface area contributed by atoms with Gasteiger partial charge in [-0.1, -0.05) is 0 Å². The number of aryl methyl sites for hydroxylation is 1. The van der Waals surface area contributed by atoms with Crippen LogP contribution < -0.4 is 0 Å². The highest BCUT2D eigenvalue weighted by molar-refractivity contribution is 7.14. The first kappa shape index (κ1) is 16.6. The van der Waals surface area contributed by atoms with Gasteiger partial charge in [0.1, 0.15) is 0 Å². The number of hydrogen-bond acceptors (Lipinski definition) is 6. The van der Waals surface area contributed by atoms with Crippen LogP contribution in [0.15, 0.2) is 42.5 Å². The predicted octanol–water partition coefficient (Wildman–Crippen LogP) is 3.40. The van der Waals surface area contributed by atoms with Crippen molar-refractivity contribution in [3.05, 3.63) is 67.9 Å². The van der Waals surface area contributed by atoms with Gasteiger partial charge in [-0.05, 0) is 42.8 Å². The lowest BCUT2D eigenvalue weighted by Gasteiger charge is -1.99. The SMILES string of the molecule is Cc1ccc(C(=O)COC(=O)/C=C/c2ccc([N+](=O)[O-])cc2)s1. The molecule has 1 heterocycles. The third-order valence-electron chi connectivity index (χ3n) is 2.88. The van der Waals surface area contributed by atoms with Crippen LogP contribution in [0.1, 0.15) is 20.1 Å². The Hall–Kier alpha value is -2.80. The number of hydrogen-bond donors (Lipinski definition) is 0. The molecule has 0 radical (unpaired) electrons. The van der Waals surface area contributed by atoms with Crippen molar-refractivity contribution in [1.29, 1.82) is 0 Å². The molecule has 2 rings (SSSR count). The van der Waals surface area contributed by atoms with Crippen molar-refractivity contribution in [3.8, 4) is 0 Å². The molecule has 1 aromatic heterocycles. The molecule has 0 amide bonds. The average molecular weight is 331 g/mol. The molecule has 0 fully saturated rings. The molecule has 6 nitrogen and oxygen atoms in total. The normalized spacial score (nSPS) is 10.7. The van der Waals surface area contributed by atoms with Crippen LogP contribution in [0.3, 0.4) is 0 Å². The number of carbonyl (C=O) groups excluding carboxylic acids is 2. The molecule has 0 saturated carbocycles. The third-order valence-corrected chi connectivity index (χ3v) is 3.92. The Kier molecular flexibility index (Phi) is 5.37. The second-order valence-electron chi connectivity index (χ2n) is 4.62. The van der Waals surface area contributed by atoms with Crippen LogP contribution in [-0.4, -0.2) is 23.3 Å². The number of rotatable bonds is 6. The van der Waals surface area contributed by atoms with Crippen molar-refractivity contribution in [1.82, 2.24) is 0 Å². The number of Topliss-reactive ketones (excluding diaryl/α,β-unsaturated/α-hetero) is 1. The Labute approximate surface area is 136 Å². The maximum Gasteiger partial charge on any atom is 0.331 e. The summed E-state index contributed by atoms with van der Waals surface area (Å²) in [6.07, 6.45) is 2.64. The first-order chi connectivity index (χ1) is 11.0. The summed E-state index contributed by atoms with van der Waals surface area (Å²) in [5, 5.41) is 10.5. The van der Waals surface area contributed by atoms with E-state index in [9.17, 15) is 19.7 Å². The number of nitro groups is 1. The van der Waals surface area contributed by atoms with Crippen molar-refractivity contribution >= 4 is 34.9 Å². The number of esters is 1. The summed E-state index contributed by atoms with van der Waals surface area (Å²) in [4.78, 5) is 34.9. The van der Waals surface area contributed by atoms with Crippen molar-refractivity contribution in [2.75, 3.05) is 6.61 Å². The van der Waals surface area contributed by atoms with Gasteiger partial charge in [0.15, 0.2) is 6.61 Å². The van der Waals surface area contributed by atoms with E-state index in [1.807, 2.05) is 13.0 Å². The molecule has 0 saturated heterocycles. The Morgan fingerprint density at radius 1 is 1.22 bits per heavy atom. The summed E-state index contributed by atoms with van der Waals surface area (Å²) in [6, 6.07) is 9.24. The van der Waals surface area contributed by atoms with Crippen LogP contribution in [-0.2, 0) is 9.53 Å². The van der Waals surface area contributed by atoms with Crippen LogP contribution in [0.4, 0.5) is 5.69 Å². The van der Waals surface area contributed by atoms with Crippen LogP contribution in [0, 0.1) is 17.0 Å². The smallest absolute Gasteiger partial charge is 0.331 e. The Morgan fingerprint density at radius 3 is 2.48 bits per heavy atom. The van der Waals surface area contributed by atoms with E-state index in [0.29, 0.717) is 10.4 Å². The molecule has 0 N–H and O–H groups in total. The van der Waals surface area contributed by atoms with Gasteiger partial charge in [0, 0.05) is 23.1 Å². The van der Waals surface area contributed by atoms with Gasteiger partial charge in [-0.15, -0.1) is 11.3 Å².